The molecule has 2 aromatic carbocycles. The molecule has 0 radical (unpaired) electrons. The Balaban J connectivity index is 1.92. The molecule has 0 bridgehead atoms. The molecular formula is C22H20F2N2O4. The second-order valence-electron chi connectivity index (χ2n) is 6.54. The van der Waals surface area contributed by atoms with Crippen LogP contribution in [0.3, 0.4) is 0 Å². The fourth-order valence-corrected chi connectivity index (χ4v) is 3.00. The molecule has 3 rings (SSSR count). The van der Waals surface area contributed by atoms with Gasteiger partial charge >= 0.3 is 5.97 Å². The zero-order valence-electron chi connectivity index (χ0n) is 16.5. The van der Waals surface area contributed by atoms with E-state index in [1.165, 1.54) is 44.6 Å². The molecule has 3 aromatic rings. The fourth-order valence-electron chi connectivity index (χ4n) is 3.00. The molecule has 6 nitrogen and oxygen atoms in total. The Morgan fingerprint density at radius 3 is 2.43 bits per heavy atom. The van der Waals surface area contributed by atoms with Crippen LogP contribution >= 0.6 is 0 Å². The normalized spacial score (nSPS) is 10.7. The fraction of sp³-hybridized carbons (Fsp3) is 0.227. The summed E-state index contributed by atoms with van der Waals surface area (Å²) in [5.41, 5.74) is 0.745. The molecule has 8 heteroatoms. The molecule has 0 saturated carbocycles. The third-order valence-electron chi connectivity index (χ3n) is 4.58. The number of hydrogen-bond acceptors (Lipinski definition) is 5. The number of nitrogens with zero attached hydrogens (tertiary/aromatic N) is 2. The van der Waals surface area contributed by atoms with Gasteiger partial charge in [-0.25, -0.2) is 18.3 Å². The molecule has 0 unspecified atom stereocenters. The largest absolute Gasteiger partial charge is 0.494 e. The van der Waals surface area contributed by atoms with Crippen molar-refractivity contribution >= 4 is 5.97 Å². The number of benzene rings is 2. The van der Waals surface area contributed by atoms with Crippen LogP contribution in [0.4, 0.5) is 8.78 Å². The van der Waals surface area contributed by atoms with Crippen LogP contribution in [0.15, 0.2) is 53.3 Å². The van der Waals surface area contributed by atoms with Crippen LogP contribution in [-0.2, 0) is 17.7 Å². The van der Waals surface area contributed by atoms with E-state index in [2.05, 4.69) is 5.10 Å². The molecule has 1 aromatic heterocycles. The Labute approximate surface area is 171 Å². The van der Waals surface area contributed by atoms with Crippen molar-refractivity contribution in [1.82, 2.24) is 9.78 Å². The number of methoxy groups -OCH3 is 2. The summed E-state index contributed by atoms with van der Waals surface area (Å²) in [7, 11) is 2.53. The van der Waals surface area contributed by atoms with Crippen molar-refractivity contribution in [2.45, 2.75) is 19.4 Å². The van der Waals surface area contributed by atoms with Crippen molar-refractivity contribution in [3.63, 3.8) is 0 Å². The minimum atomic E-state index is -0.801. The Morgan fingerprint density at radius 1 is 1.07 bits per heavy atom. The third-order valence-corrected chi connectivity index (χ3v) is 4.58. The lowest BCUT2D eigenvalue weighted by atomic mass is 10.1. The minimum absolute atomic E-state index is 0.0690. The maximum Gasteiger partial charge on any atom is 0.343 e. The van der Waals surface area contributed by atoms with Crippen molar-refractivity contribution in [3.8, 4) is 17.0 Å². The van der Waals surface area contributed by atoms with Crippen LogP contribution < -0.4 is 10.3 Å². The molecule has 1 heterocycles. The molecule has 30 heavy (non-hydrogen) atoms. The second kappa shape index (κ2) is 9.30. The highest BCUT2D eigenvalue weighted by Crippen LogP contribution is 2.24. The van der Waals surface area contributed by atoms with Gasteiger partial charge in [0.05, 0.1) is 19.9 Å². The number of rotatable bonds is 7. The van der Waals surface area contributed by atoms with Gasteiger partial charge in [0.1, 0.15) is 11.4 Å². The highest BCUT2D eigenvalue weighted by Gasteiger charge is 2.17. The SMILES string of the molecule is COC(=O)c1cc(-c2ccc(OC)c(F)c2)nn(CCCc2ccc(F)cc2)c1=O. The van der Waals surface area contributed by atoms with E-state index in [0.29, 0.717) is 18.4 Å². The summed E-state index contributed by atoms with van der Waals surface area (Å²) in [4.78, 5) is 24.7. The predicted molar refractivity (Wildman–Crippen MR) is 107 cm³/mol. The Morgan fingerprint density at radius 2 is 1.80 bits per heavy atom. The standard InChI is InChI=1S/C22H20F2N2O4/c1-29-20-10-7-15(12-18(20)24)19-13-17(22(28)30-2)21(27)26(25-19)11-3-4-14-5-8-16(23)9-6-14/h5-10,12-13H,3-4,11H2,1-2H3. The van der Waals surface area contributed by atoms with Crippen molar-refractivity contribution < 1.29 is 23.0 Å². The number of halogens is 2. The quantitative estimate of drug-likeness (QED) is 0.553. The first-order valence-electron chi connectivity index (χ1n) is 9.21. The lowest BCUT2D eigenvalue weighted by molar-refractivity contribution is 0.0597. The van der Waals surface area contributed by atoms with E-state index in [1.807, 2.05) is 0 Å². The number of esters is 1. The van der Waals surface area contributed by atoms with E-state index in [0.717, 1.165) is 10.2 Å². The monoisotopic (exact) mass is 414 g/mol. The molecular weight excluding hydrogens is 394 g/mol. The molecule has 0 saturated heterocycles. The van der Waals surface area contributed by atoms with Gasteiger partial charge in [-0.1, -0.05) is 12.1 Å². The Hall–Kier alpha value is -3.55. The molecule has 0 N–H and O–H groups in total. The lowest BCUT2D eigenvalue weighted by Gasteiger charge is -2.11. The first-order valence-corrected chi connectivity index (χ1v) is 9.21. The van der Waals surface area contributed by atoms with Crippen LogP contribution in [0.5, 0.6) is 5.75 Å². The smallest absolute Gasteiger partial charge is 0.343 e. The van der Waals surface area contributed by atoms with Crippen molar-refractivity contribution in [1.29, 1.82) is 0 Å². The molecule has 0 aliphatic carbocycles. The highest BCUT2D eigenvalue weighted by atomic mass is 19.1. The molecule has 0 fully saturated rings. The molecule has 156 valence electrons. The Bertz CT molecular complexity index is 1110. The zero-order chi connectivity index (χ0) is 21.7. The van der Waals surface area contributed by atoms with Gasteiger partial charge in [-0.3, -0.25) is 4.79 Å². The lowest BCUT2D eigenvalue weighted by Crippen LogP contribution is -2.29. The van der Waals surface area contributed by atoms with Crippen LogP contribution in [0.2, 0.25) is 0 Å². The highest BCUT2D eigenvalue weighted by molar-refractivity contribution is 5.90. The molecule has 0 amide bonds. The summed E-state index contributed by atoms with van der Waals surface area (Å²) in [5.74, 6) is -1.64. The van der Waals surface area contributed by atoms with Crippen LogP contribution in [0.25, 0.3) is 11.3 Å². The first kappa shape index (κ1) is 21.2. The second-order valence-corrected chi connectivity index (χ2v) is 6.54. The summed E-state index contributed by atoms with van der Waals surface area (Å²) >= 11 is 0. The number of carbonyl (C=O) groups excluding carboxylic acids is 1. The van der Waals surface area contributed by atoms with Gasteiger partial charge in [-0.2, -0.15) is 5.10 Å². The van der Waals surface area contributed by atoms with Crippen LogP contribution in [0, 0.1) is 11.6 Å². The van der Waals surface area contributed by atoms with E-state index in [9.17, 15) is 18.4 Å². The number of ether oxygens (including phenoxy) is 2. The number of hydrogen-bond donors (Lipinski definition) is 0. The molecule has 0 atom stereocenters. The maximum absolute atomic E-state index is 14.1. The zero-order valence-corrected chi connectivity index (χ0v) is 16.5. The predicted octanol–water partition coefficient (Wildman–Crippen LogP) is 3.62. The van der Waals surface area contributed by atoms with Crippen molar-refractivity contribution in [2.24, 2.45) is 0 Å². The van der Waals surface area contributed by atoms with Gasteiger partial charge in [0.2, 0.25) is 0 Å². The van der Waals surface area contributed by atoms with Gasteiger partial charge in [-0.15, -0.1) is 0 Å². The van der Waals surface area contributed by atoms with Gasteiger partial charge in [0.15, 0.2) is 11.6 Å². The number of aryl methyl sites for hydroxylation is 2. The van der Waals surface area contributed by atoms with Gasteiger partial charge in [0.25, 0.3) is 5.56 Å². The molecule has 0 aliphatic heterocycles. The van der Waals surface area contributed by atoms with E-state index in [-0.39, 0.29) is 29.4 Å². The third kappa shape index (κ3) is 4.71. The van der Waals surface area contributed by atoms with E-state index in [4.69, 9.17) is 9.47 Å². The topological polar surface area (TPSA) is 70.4 Å². The van der Waals surface area contributed by atoms with Gasteiger partial charge < -0.3 is 9.47 Å². The average molecular weight is 414 g/mol. The first-order chi connectivity index (χ1) is 14.4. The number of aromatic nitrogens is 2. The van der Waals surface area contributed by atoms with Gasteiger partial charge in [-0.05, 0) is 54.8 Å². The summed E-state index contributed by atoms with van der Waals surface area (Å²) in [6, 6.07) is 11.6. The van der Waals surface area contributed by atoms with Crippen LogP contribution in [0.1, 0.15) is 22.3 Å². The summed E-state index contributed by atoms with van der Waals surface area (Å²) < 4.78 is 37.9. The average Bonchev–Trinajstić information content (AvgIpc) is 2.75. The minimum Gasteiger partial charge on any atom is -0.494 e. The molecule has 0 spiro atoms. The van der Waals surface area contributed by atoms with E-state index < -0.39 is 17.3 Å². The van der Waals surface area contributed by atoms with Crippen molar-refractivity contribution in [3.05, 3.63) is 81.6 Å². The summed E-state index contributed by atoms with van der Waals surface area (Å²) in [6.45, 7) is 0.215. The maximum atomic E-state index is 14.1. The van der Waals surface area contributed by atoms with Crippen molar-refractivity contribution in [2.75, 3.05) is 14.2 Å². The summed E-state index contributed by atoms with van der Waals surface area (Å²) in [6.07, 6.45) is 1.11. The van der Waals surface area contributed by atoms with E-state index >= 15 is 0 Å². The summed E-state index contributed by atoms with van der Waals surface area (Å²) in [5, 5.41) is 4.29. The molecule has 0 aliphatic rings. The Kier molecular flexibility index (Phi) is 6.56. The number of carbonyl (C=O) groups is 1. The van der Waals surface area contributed by atoms with Gasteiger partial charge in [0, 0.05) is 12.1 Å². The van der Waals surface area contributed by atoms with Crippen LogP contribution in [-0.4, -0.2) is 30.0 Å². The van der Waals surface area contributed by atoms with E-state index in [1.54, 1.807) is 18.2 Å².